The second-order valence-electron chi connectivity index (χ2n) is 4.49. The zero-order valence-electron chi connectivity index (χ0n) is 11.1. The van der Waals surface area contributed by atoms with Crippen LogP contribution >= 0.6 is 22.9 Å². The molecule has 0 fully saturated rings. The number of hydrogen-bond acceptors (Lipinski definition) is 4. The molecule has 2 N–H and O–H groups in total. The maximum Gasteiger partial charge on any atom is 0.129 e. The van der Waals surface area contributed by atoms with Gasteiger partial charge in [0.1, 0.15) is 17.2 Å². The largest absolute Gasteiger partial charge is 0.383 e. The van der Waals surface area contributed by atoms with Gasteiger partial charge in [0, 0.05) is 17.5 Å². The first kappa shape index (κ1) is 13.1. The van der Waals surface area contributed by atoms with Crippen molar-refractivity contribution in [3.63, 3.8) is 0 Å². The number of hydrogen-bond donors (Lipinski definition) is 1. The van der Waals surface area contributed by atoms with Crippen molar-refractivity contribution in [1.29, 1.82) is 0 Å². The molecule has 20 heavy (non-hydrogen) atoms. The van der Waals surface area contributed by atoms with Crippen molar-refractivity contribution in [3.05, 3.63) is 39.7 Å². The molecule has 4 nitrogen and oxygen atoms in total. The van der Waals surface area contributed by atoms with E-state index >= 15 is 0 Å². The highest BCUT2D eigenvalue weighted by Crippen LogP contribution is 2.36. The van der Waals surface area contributed by atoms with Crippen LogP contribution in [0.25, 0.3) is 22.5 Å². The average molecular weight is 305 g/mol. The molecule has 2 heterocycles. The maximum atomic E-state index is 6.16. The van der Waals surface area contributed by atoms with Gasteiger partial charge in [0.25, 0.3) is 0 Å². The Kier molecular flexibility index (Phi) is 3.23. The van der Waals surface area contributed by atoms with E-state index in [1.165, 1.54) is 0 Å². The molecule has 0 bridgehead atoms. The van der Waals surface area contributed by atoms with Crippen LogP contribution in [0.2, 0.25) is 5.02 Å². The Morgan fingerprint density at radius 2 is 1.95 bits per heavy atom. The molecular weight excluding hydrogens is 292 g/mol. The van der Waals surface area contributed by atoms with E-state index in [2.05, 4.69) is 10.1 Å². The van der Waals surface area contributed by atoms with Gasteiger partial charge in [0.15, 0.2) is 0 Å². The van der Waals surface area contributed by atoms with Crippen LogP contribution in [-0.2, 0) is 7.05 Å². The van der Waals surface area contributed by atoms with Crippen molar-refractivity contribution >= 4 is 28.8 Å². The van der Waals surface area contributed by atoms with Gasteiger partial charge in [-0.05, 0) is 24.6 Å². The summed E-state index contributed by atoms with van der Waals surface area (Å²) in [6.07, 6.45) is 0. The third-order valence-corrected chi connectivity index (χ3v) is 4.11. The second kappa shape index (κ2) is 4.92. The number of aromatic nitrogens is 3. The van der Waals surface area contributed by atoms with E-state index in [1.54, 1.807) is 16.0 Å². The minimum atomic E-state index is 0.618. The van der Waals surface area contributed by atoms with Crippen LogP contribution in [0.1, 0.15) is 5.01 Å². The topological polar surface area (TPSA) is 56.7 Å². The Morgan fingerprint density at radius 1 is 1.25 bits per heavy atom. The fourth-order valence-electron chi connectivity index (χ4n) is 2.09. The van der Waals surface area contributed by atoms with Crippen molar-refractivity contribution in [2.75, 3.05) is 5.73 Å². The molecule has 0 aliphatic carbocycles. The molecule has 2 aromatic heterocycles. The molecule has 0 aliphatic rings. The third kappa shape index (κ3) is 2.19. The number of nitrogen functional groups attached to an aromatic ring is 1. The van der Waals surface area contributed by atoms with Crippen LogP contribution in [0.5, 0.6) is 0 Å². The molecule has 0 aliphatic heterocycles. The van der Waals surface area contributed by atoms with Crippen LogP contribution in [-0.4, -0.2) is 14.8 Å². The Morgan fingerprint density at radius 3 is 2.55 bits per heavy atom. The van der Waals surface area contributed by atoms with Crippen molar-refractivity contribution < 1.29 is 0 Å². The molecule has 0 saturated heterocycles. The van der Waals surface area contributed by atoms with Gasteiger partial charge < -0.3 is 5.73 Å². The minimum Gasteiger partial charge on any atom is -0.383 e. The van der Waals surface area contributed by atoms with Gasteiger partial charge in [-0.15, -0.1) is 11.3 Å². The van der Waals surface area contributed by atoms with Crippen LogP contribution in [0, 0.1) is 6.92 Å². The van der Waals surface area contributed by atoms with Gasteiger partial charge in [-0.3, -0.25) is 4.68 Å². The number of benzene rings is 1. The number of nitrogens with zero attached hydrogens (tertiary/aromatic N) is 3. The van der Waals surface area contributed by atoms with E-state index in [1.807, 2.05) is 43.6 Å². The van der Waals surface area contributed by atoms with Gasteiger partial charge in [-0.25, -0.2) is 4.98 Å². The molecule has 0 saturated carbocycles. The molecule has 102 valence electrons. The van der Waals surface area contributed by atoms with Gasteiger partial charge in [-0.1, -0.05) is 23.7 Å². The SMILES string of the molecule is Cc1nc(-c2nn(C)c(N)c2-c2ccc(Cl)cc2)cs1. The van der Waals surface area contributed by atoms with Crippen LogP contribution < -0.4 is 5.73 Å². The second-order valence-corrected chi connectivity index (χ2v) is 5.99. The highest BCUT2D eigenvalue weighted by molar-refractivity contribution is 7.09. The molecule has 0 amide bonds. The van der Waals surface area contributed by atoms with Gasteiger partial charge in [0.2, 0.25) is 0 Å². The summed E-state index contributed by atoms with van der Waals surface area (Å²) in [7, 11) is 1.83. The number of anilines is 1. The standard InChI is InChI=1S/C14H13ClN4S/c1-8-17-11(7-20-8)13-12(14(16)19(2)18-13)9-3-5-10(15)6-4-9/h3-7H,16H2,1-2H3. The van der Waals surface area contributed by atoms with Gasteiger partial charge >= 0.3 is 0 Å². The molecule has 3 rings (SSSR count). The zero-order valence-corrected chi connectivity index (χ0v) is 12.7. The smallest absolute Gasteiger partial charge is 0.129 e. The van der Waals surface area contributed by atoms with E-state index in [9.17, 15) is 0 Å². The molecule has 0 unspecified atom stereocenters. The first-order valence-corrected chi connectivity index (χ1v) is 7.33. The van der Waals surface area contributed by atoms with E-state index in [0.29, 0.717) is 10.8 Å². The minimum absolute atomic E-state index is 0.618. The lowest BCUT2D eigenvalue weighted by atomic mass is 10.0. The lowest BCUT2D eigenvalue weighted by molar-refractivity contribution is 0.781. The molecule has 0 radical (unpaired) electrons. The lowest BCUT2D eigenvalue weighted by Crippen LogP contribution is -1.97. The Balaban J connectivity index is 2.21. The summed E-state index contributed by atoms with van der Waals surface area (Å²) in [6.45, 7) is 1.97. The fourth-order valence-corrected chi connectivity index (χ4v) is 2.81. The Hall–Kier alpha value is -1.85. The van der Waals surface area contributed by atoms with Crippen molar-refractivity contribution in [3.8, 4) is 22.5 Å². The predicted molar refractivity (Wildman–Crippen MR) is 83.9 cm³/mol. The van der Waals surface area contributed by atoms with E-state index < -0.39 is 0 Å². The van der Waals surface area contributed by atoms with Crippen molar-refractivity contribution in [1.82, 2.24) is 14.8 Å². The normalized spacial score (nSPS) is 10.9. The van der Waals surface area contributed by atoms with E-state index in [4.69, 9.17) is 17.3 Å². The molecule has 0 spiro atoms. The van der Waals surface area contributed by atoms with Crippen molar-refractivity contribution in [2.45, 2.75) is 6.92 Å². The number of thiazole rings is 1. The summed E-state index contributed by atoms with van der Waals surface area (Å²) in [5.41, 5.74) is 9.70. The predicted octanol–water partition coefficient (Wildman–Crippen LogP) is 3.75. The van der Waals surface area contributed by atoms with Crippen molar-refractivity contribution in [2.24, 2.45) is 7.05 Å². The third-order valence-electron chi connectivity index (χ3n) is 3.09. The molecule has 3 aromatic rings. The monoisotopic (exact) mass is 304 g/mol. The summed E-state index contributed by atoms with van der Waals surface area (Å²) < 4.78 is 1.67. The highest BCUT2D eigenvalue weighted by atomic mass is 35.5. The van der Waals surface area contributed by atoms with E-state index in [0.717, 1.165) is 27.5 Å². The Labute approximate surface area is 125 Å². The first-order valence-electron chi connectivity index (χ1n) is 6.07. The van der Waals surface area contributed by atoms with Crippen LogP contribution in [0.4, 0.5) is 5.82 Å². The van der Waals surface area contributed by atoms with Gasteiger partial charge in [0.05, 0.1) is 10.6 Å². The molecule has 0 atom stereocenters. The van der Waals surface area contributed by atoms with Crippen LogP contribution in [0.15, 0.2) is 29.6 Å². The lowest BCUT2D eigenvalue weighted by Gasteiger charge is -2.03. The number of rotatable bonds is 2. The average Bonchev–Trinajstić information content (AvgIpc) is 2.97. The van der Waals surface area contributed by atoms with Gasteiger partial charge in [-0.2, -0.15) is 5.10 Å². The van der Waals surface area contributed by atoms with Crippen LogP contribution in [0.3, 0.4) is 0 Å². The number of nitrogens with two attached hydrogens (primary N) is 1. The summed E-state index contributed by atoms with van der Waals surface area (Å²) >= 11 is 7.54. The van der Waals surface area contributed by atoms with E-state index in [-0.39, 0.29) is 0 Å². The first-order chi connectivity index (χ1) is 9.56. The molecule has 1 aromatic carbocycles. The highest BCUT2D eigenvalue weighted by Gasteiger charge is 2.19. The summed E-state index contributed by atoms with van der Waals surface area (Å²) in [4.78, 5) is 4.50. The summed E-state index contributed by atoms with van der Waals surface area (Å²) in [5, 5.41) is 8.19. The summed E-state index contributed by atoms with van der Waals surface area (Å²) in [5.74, 6) is 0.618. The Bertz CT molecular complexity index is 758. The maximum absolute atomic E-state index is 6.16. The number of aryl methyl sites for hydroxylation is 2. The fraction of sp³-hybridized carbons (Fsp3) is 0.143. The zero-order chi connectivity index (χ0) is 14.3. The molecule has 6 heteroatoms. The quantitative estimate of drug-likeness (QED) is 0.784. The molecular formula is C14H13ClN4S. The number of halogens is 1. The summed E-state index contributed by atoms with van der Waals surface area (Å²) in [6, 6.07) is 7.58.